The molecule has 11 heteroatoms. The molecule has 33 heavy (non-hydrogen) atoms. The van der Waals surface area contributed by atoms with Crippen molar-refractivity contribution < 1.29 is 22.7 Å². The van der Waals surface area contributed by atoms with Crippen LogP contribution in [0.5, 0.6) is 5.75 Å². The number of alkyl halides is 3. The van der Waals surface area contributed by atoms with Crippen molar-refractivity contribution in [1.29, 1.82) is 0 Å². The van der Waals surface area contributed by atoms with Crippen LogP contribution in [0.25, 0.3) is 16.3 Å². The third kappa shape index (κ3) is 3.99. The Hall–Kier alpha value is -3.60. The van der Waals surface area contributed by atoms with Crippen molar-refractivity contribution in [3.8, 4) is 17.1 Å². The normalized spacial score (nSPS) is 13.8. The Morgan fingerprint density at radius 3 is 2.64 bits per heavy atom. The number of para-hydroxylation sites is 1. The summed E-state index contributed by atoms with van der Waals surface area (Å²) in [6, 6.07) is 11.8. The summed E-state index contributed by atoms with van der Waals surface area (Å²) >= 11 is 1.42. The number of carbonyl (C=O) groups excluding carboxylic acids is 1. The highest BCUT2D eigenvalue weighted by Gasteiger charge is 2.34. The highest BCUT2D eigenvalue weighted by molar-refractivity contribution is 7.17. The number of anilines is 1. The fraction of sp³-hybridized carbons (Fsp3) is 0.227. The molecule has 3 heterocycles. The number of hydrogen-bond acceptors (Lipinski definition) is 5. The number of methoxy groups -OCH3 is 1. The van der Waals surface area contributed by atoms with Gasteiger partial charge in [-0.3, -0.25) is 0 Å². The van der Waals surface area contributed by atoms with Gasteiger partial charge in [0, 0.05) is 23.4 Å². The summed E-state index contributed by atoms with van der Waals surface area (Å²) in [5.41, 5.74) is 0.691. The van der Waals surface area contributed by atoms with Gasteiger partial charge in [0.1, 0.15) is 5.75 Å². The van der Waals surface area contributed by atoms with Gasteiger partial charge in [-0.25, -0.2) is 9.31 Å². The van der Waals surface area contributed by atoms with Crippen LogP contribution in [0.1, 0.15) is 16.1 Å². The van der Waals surface area contributed by atoms with E-state index in [1.807, 2.05) is 24.3 Å². The molecule has 1 aliphatic heterocycles. The highest BCUT2D eigenvalue weighted by Crippen LogP contribution is 2.35. The molecule has 1 N–H and O–H groups in total. The molecular weight excluding hydrogens is 455 g/mol. The van der Waals surface area contributed by atoms with E-state index in [4.69, 9.17) is 4.74 Å². The van der Waals surface area contributed by atoms with Crippen LogP contribution in [-0.4, -0.2) is 39.2 Å². The van der Waals surface area contributed by atoms with Crippen LogP contribution >= 0.6 is 11.3 Å². The molecule has 0 aliphatic carbocycles. The zero-order chi connectivity index (χ0) is 23.2. The second kappa shape index (κ2) is 8.07. The first-order chi connectivity index (χ1) is 15.8. The van der Waals surface area contributed by atoms with Crippen molar-refractivity contribution in [2.45, 2.75) is 19.1 Å². The lowest BCUT2D eigenvalue weighted by Crippen LogP contribution is -2.39. The van der Waals surface area contributed by atoms with E-state index in [9.17, 15) is 18.0 Å². The van der Waals surface area contributed by atoms with Gasteiger partial charge in [-0.15, -0.1) is 5.10 Å². The highest BCUT2D eigenvalue weighted by atomic mass is 32.1. The van der Waals surface area contributed by atoms with E-state index in [0.717, 1.165) is 28.0 Å². The van der Waals surface area contributed by atoms with Gasteiger partial charge in [0.2, 0.25) is 4.96 Å². The lowest BCUT2D eigenvalue weighted by atomic mass is 10.1. The fourth-order valence-corrected chi connectivity index (χ4v) is 4.88. The van der Waals surface area contributed by atoms with Gasteiger partial charge in [0.05, 0.1) is 30.6 Å². The van der Waals surface area contributed by atoms with Gasteiger partial charge in [-0.2, -0.15) is 18.2 Å². The summed E-state index contributed by atoms with van der Waals surface area (Å²) in [7, 11) is 1.60. The first-order valence-electron chi connectivity index (χ1n) is 10.1. The Labute approximate surface area is 190 Å². The second-order valence-electron chi connectivity index (χ2n) is 7.48. The van der Waals surface area contributed by atoms with Crippen LogP contribution in [0.15, 0.2) is 48.5 Å². The Balaban J connectivity index is 1.34. The van der Waals surface area contributed by atoms with Crippen LogP contribution < -0.4 is 10.1 Å². The average molecular weight is 473 g/mol. The first kappa shape index (κ1) is 21.3. The van der Waals surface area contributed by atoms with Crippen molar-refractivity contribution in [3.05, 3.63) is 64.7 Å². The molecule has 7 nitrogen and oxygen atoms in total. The summed E-state index contributed by atoms with van der Waals surface area (Å²) in [5.74, 6) is 1.34. The number of ether oxygens (including phenoxy) is 1. The molecule has 170 valence electrons. The quantitative estimate of drug-likeness (QED) is 0.451. The number of urea groups is 1. The van der Waals surface area contributed by atoms with Crippen molar-refractivity contribution in [1.82, 2.24) is 19.5 Å². The van der Waals surface area contributed by atoms with Crippen molar-refractivity contribution >= 4 is 28.0 Å². The molecule has 0 spiro atoms. The van der Waals surface area contributed by atoms with Gasteiger partial charge in [-0.05, 0) is 36.4 Å². The summed E-state index contributed by atoms with van der Waals surface area (Å²) in [6.45, 7) is 0.638. The van der Waals surface area contributed by atoms with Crippen molar-refractivity contribution in [3.63, 3.8) is 0 Å². The number of aromatic nitrogens is 3. The minimum Gasteiger partial charge on any atom is -0.497 e. The molecule has 2 amide bonds. The maximum absolute atomic E-state index is 13.2. The third-order valence-corrected chi connectivity index (χ3v) is 6.49. The van der Waals surface area contributed by atoms with E-state index >= 15 is 0 Å². The van der Waals surface area contributed by atoms with E-state index in [1.54, 1.807) is 11.6 Å². The standard InChI is InChI=1S/C22H18F3N5O2S/c1-32-14-8-6-13(7-9-14)19-27-21-30(28-19)17-10-11-29(12-18(17)33-21)20(31)26-16-5-3-2-4-15(16)22(23,24)25/h2-9H,10-12H2,1H3,(H,26,31). The molecule has 2 aromatic heterocycles. The molecule has 2 aromatic carbocycles. The minimum atomic E-state index is -4.55. The number of rotatable bonds is 3. The lowest BCUT2D eigenvalue weighted by molar-refractivity contribution is -0.136. The summed E-state index contributed by atoms with van der Waals surface area (Å²) in [4.78, 5) is 20.4. The third-order valence-electron chi connectivity index (χ3n) is 5.43. The van der Waals surface area contributed by atoms with Crippen LogP contribution in [0.3, 0.4) is 0 Å². The van der Waals surface area contributed by atoms with Crippen molar-refractivity contribution in [2.24, 2.45) is 0 Å². The second-order valence-corrected chi connectivity index (χ2v) is 8.54. The minimum absolute atomic E-state index is 0.257. The molecule has 0 saturated carbocycles. The molecule has 0 radical (unpaired) electrons. The number of hydrogen-bond donors (Lipinski definition) is 1. The number of nitrogens with one attached hydrogen (secondary N) is 1. The number of nitrogens with zero attached hydrogens (tertiary/aromatic N) is 4. The van der Waals surface area contributed by atoms with Crippen LogP contribution in [0, 0.1) is 0 Å². The Morgan fingerprint density at radius 1 is 1.15 bits per heavy atom. The molecule has 0 atom stereocenters. The van der Waals surface area contributed by atoms with E-state index in [0.29, 0.717) is 23.8 Å². The maximum atomic E-state index is 13.2. The maximum Gasteiger partial charge on any atom is 0.418 e. The fourth-order valence-electron chi connectivity index (χ4n) is 3.76. The van der Waals surface area contributed by atoms with Crippen LogP contribution in [0.4, 0.5) is 23.7 Å². The van der Waals surface area contributed by atoms with E-state index in [-0.39, 0.29) is 12.2 Å². The zero-order valence-electron chi connectivity index (χ0n) is 17.4. The Bertz CT molecular complexity index is 1330. The number of halogens is 3. The number of thiazole rings is 1. The Kier molecular flexibility index (Phi) is 5.20. The first-order valence-corrected chi connectivity index (χ1v) is 10.9. The molecule has 5 rings (SSSR count). The number of fused-ring (bicyclic) bond motifs is 3. The number of benzene rings is 2. The van der Waals surface area contributed by atoms with Gasteiger partial charge < -0.3 is 15.0 Å². The van der Waals surface area contributed by atoms with Gasteiger partial charge in [-0.1, -0.05) is 23.5 Å². The summed E-state index contributed by atoms with van der Waals surface area (Å²) < 4.78 is 46.6. The number of carbonyl (C=O) groups is 1. The van der Waals surface area contributed by atoms with E-state index in [2.05, 4.69) is 15.4 Å². The average Bonchev–Trinajstić information content (AvgIpc) is 3.36. The largest absolute Gasteiger partial charge is 0.497 e. The summed E-state index contributed by atoms with van der Waals surface area (Å²) in [5, 5.41) is 7.03. The molecule has 0 unspecified atom stereocenters. The molecule has 1 aliphatic rings. The van der Waals surface area contributed by atoms with Crippen molar-refractivity contribution in [2.75, 3.05) is 19.0 Å². The zero-order valence-corrected chi connectivity index (χ0v) is 18.2. The number of amides is 2. The molecule has 4 aromatic rings. The van der Waals surface area contributed by atoms with Gasteiger partial charge in [0.25, 0.3) is 0 Å². The molecule has 0 bridgehead atoms. The van der Waals surface area contributed by atoms with E-state index in [1.165, 1.54) is 34.4 Å². The lowest BCUT2D eigenvalue weighted by Gasteiger charge is -2.27. The van der Waals surface area contributed by atoms with Crippen LogP contribution in [-0.2, 0) is 19.1 Å². The van der Waals surface area contributed by atoms with Gasteiger partial charge in [0.15, 0.2) is 5.82 Å². The SMILES string of the molecule is COc1ccc(-c2nc3sc4c(n3n2)CCN(C(=O)Nc2ccccc2C(F)(F)F)C4)cc1. The molecular formula is C22H18F3N5O2S. The van der Waals surface area contributed by atoms with Crippen LogP contribution in [0.2, 0.25) is 0 Å². The predicted octanol–water partition coefficient (Wildman–Crippen LogP) is 5.08. The summed E-state index contributed by atoms with van der Waals surface area (Å²) in [6.07, 6.45) is -4.03. The van der Waals surface area contributed by atoms with E-state index < -0.39 is 17.8 Å². The monoisotopic (exact) mass is 473 g/mol. The molecule has 0 fully saturated rings. The predicted molar refractivity (Wildman–Crippen MR) is 117 cm³/mol. The topological polar surface area (TPSA) is 71.8 Å². The smallest absolute Gasteiger partial charge is 0.418 e. The Morgan fingerprint density at radius 2 is 1.91 bits per heavy atom. The molecule has 0 saturated heterocycles. The van der Waals surface area contributed by atoms with Gasteiger partial charge >= 0.3 is 12.2 Å².